The van der Waals surface area contributed by atoms with Crippen molar-refractivity contribution in [3.63, 3.8) is 0 Å². The lowest BCUT2D eigenvalue weighted by Crippen LogP contribution is -2.26. The van der Waals surface area contributed by atoms with Gasteiger partial charge in [-0.25, -0.2) is 8.42 Å². The summed E-state index contributed by atoms with van der Waals surface area (Å²) < 4.78 is 26.2. The predicted octanol–water partition coefficient (Wildman–Crippen LogP) is 1.96. The van der Waals surface area contributed by atoms with Gasteiger partial charge in [0.25, 0.3) is 0 Å². The van der Waals surface area contributed by atoms with Crippen molar-refractivity contribution in [1.29, 1.82) is 5.26 Å². The number of nitrogens with zero attached hydrogens (tertiary/aromatic N) is 2. The standard InChI is InChI=1S/C15H15N3O2S/c1-18(11-13-5-2-6-14(17)8-13)21(19,20)15-7-3-4-12(9-15)10-16/h2-9H,11,17H2,1H3. The van der Waals surface area contributed by atoms with Gasteiger partial charge < -0.3 is 5.73 Å². The highest BCUT2D eigenvalue weighted by Gasteiger charge is 2.21. The Hall–Kier alpha value is -2.36. The molecule has 0 aliphatic carbocycles. The van der Waals surface area contributed by atoms with E-state index in [1.807, 2.05) is 12.1 Å². The van der Waals surface area contributed by atoms with Crippen LogP contribution in [0.1, 0.15) is 11.1 Å². The molecule has 5 nitrogen and oxygen atoms in total. The van der Waals surface area contributed by atoms with Gasteiger partial charge >= 0.3 is 0 Å². The van der Waals surface area contributed by atoms with Crippen LogP contribution in [-0.4, -0.2) is 19.8 Å². The zero-order valence-electron chi connectivity index (χ0n) is 11.5. The van der Waals surface area contributed by atoms with Crippen molar-refractivity contribution in [2.45, 2.75) is 11.4 Å². The van der Waals surface area contributed by atoms with E-state index in [0.717, 1.165) is 5.56 Å². The summed E-state index contributed by atoms with van der Waals surface area (Å²) in [6.45, 7) is 0.212. The molecule has 2 N–H and O–H groups in total. The van der Waals surface area contributed by atoms with Gasteiger partial charge in [0.05, 0.1) is 16.5 Å². The second kappa shape index (κ2) is 5.95. The molecule has 0 saturated carbocycles. The molecule has 6 heteroatoms. The molecule has 21 heavy (non-hydrogen) atoms. The van der Waals surface area contributed by atoms with Gasteiger partial charge in [0.15, 0.2) is 0 Å². The zero-order chi connectivity index (χ0) is 15.5. The maximum atomic E-state index is 12.5. The number of nitriles is 1. The molecule has 0 atom stereocenters. The third kappa shape index (κ3) is 3.40. The van der Waals surface area contributed by atoms with E-state index < -0.39 is 10.0 Å². The number of anilines is 1. The first-order valence-electron chi connectivity index (χ1n) is 6.24. The molecule has 0 spiro atoms. The summed E-state index contributed by atoms with van der Waals surface area (Å²) in [5.41, 5.74) is 7.39. The second-order valence-corrected chi connectivity index (χ2v) is 6.69. The van der Waals surface area contributed by atoms with E-state index in [9.17, 15) is 8.42 Å². The van der Waals surface area contributed by atoms with Crippen molar-refractivity contribution < 1.29 is 8.42 Å². The highest BCUT2D eigenvalue weighted by atomic mass is 32.2. The highest BCUT2D eigenvalue weighted by Crippen LogP contribution is 2.18. The van der Waals surface area contributed by atoms with E-state index >= 15 is 0 Å². The lowest BCUT2D eigenvalue weighted by atomic mass is 10.2. The Morgan fingerprint density at radius 3 is 2.57 bits per heavy atom. The van der Waals surface area contributed by atoms with Gasteiger partial charge in [-0.1, -0.05) is 18.2 Å². The molecular weight excluding hydrogens is 286 g/mol. The van der Waals surface area contributed by atoms with Crippen LogP contribution in [0.3, 0.4) is 0 Å². The molecule has 0 radical (unpaired) electrons. The third-order valence-corrected chi connectivity index (χ3v) is 4.83. The fraction of sp³-hybridized carbons (Fsp3) is 0.133. The maximum absolute atomic E-state index is 12.5. The number of nitrogen functional groups attached to an aromatic ring is 1. The number of hydrogen-bond donors (Lipinski definition) is 1. The summed E-state index contributed by atoms with van der Waals surface area (Å²) in [4.78, 5) is 0.105. The van der Waals surface area contributed by atoms with Crippen LogP contribution >= 0.6 is 0 Å². The van der Waals surface area contributed by atoms with Crippen LogP contribution in [0.4, 0.5) is 5.69 Å². The molecule has 0 unspecified atom stereocenters. The molecule has 0 bridgehead atoms. The molecule has 0 aromatic heterocycles. The SMILES string of the molecule is CN(Cc1cccc(N)c1)S(=O)(=O)c1cccc(C#N)c1. The van der Waals surface area contributed by atoms with E-state index in [4.69, 9.17) is 11.0 Å². The topological polar surface area (TPSA) is 87.2 Å². The zero-order valence-corrected chi connectivity index (χ0v) is 12.3. The molecular formula is C15H15N3O2S. The van der Waals surface area contributed by atoms with E-state index in [1.165, 1.54) is 23.5 Å². The Morgan fingerprint density at radius 2 is 1.90 bits per heavy atom. The average Bonchev–Trinajstić information content (AvgIpc) is 2.47. The molecule has 2 aromatic carbocycles. The van der Waals surface area contributed by atoms with Crippen LogP contribution in [-0.2, 0) is 16.6 Å². The second-order valence-electron chi connectivity index (χ2n) is 4.65. The minimum absolute atomic E-state index is 0.105. The normalized spacial score (nSPS) is 11.3. The van der Waals surface area contributed by atoms with Gasteiger partial charge in [-0.2, -0.15) is 9.57 Å². The Balaban J connectivity index is 2.28. The first-order valence-corrected chi connectivity index (χ1v) is 7.68. The quantitative estimate of drug-likeness (QED) is 0.874. The Kier molecular flexibility index (Phi) is 4.26. The van der Waals surface area contributed by atoms with Crippen molar-refractivity contribution in [3.05, 3.63) is 59.7 Å². The molecule has 0 aliphatic heterocycles. The Labute approximate surface area is 124 Å². The monoisotopic (exact) mass is 301 g/mol. The van der Waals surface area contributed by atoms with Crippen LogP contribution in [0, 0.1) is 11.3 Å². The molecule has 0 fully saturated rings. The molecule has 0 aliphatic rings. The van der Waals surface area contributed by atoms with Crippen molar-refractivity contribution in [2.24, 2.45) is 0 Å². The van der Waals surface area contributed by atoms with Crippen molar-refractivity contribution >= 4 is 15.7 Å². The summed E-state index contributed by atoms with van der Waals surface area (Å²) in [7, 11) is -2.14. The highest BCUT2D eigenvalue weighted by molar-refractivity contribution is 7.89. The van der Waals surface area contributed by atoms with E-state index in [0.29, 0.717) is 11.3 Å². The van der Waals surface area contributed by atoms with Gasteiger partial charge in [-0.3, -0.25) is 0 Å². The van der Waals surface area contributed by atoms with Gasteiger partial charge in [0, 0.05) is 19.3 Å². The van der Waals surface area contributed by atoms with Crippen molar-refractivity contribution in [1.82, 2.24) is 4.31 Å². The molecule has 0 saturated heterocycles. The minimum atomic E-state index is -3.64. The summed E-state index contributed by atoms with van der Waals surface area (Å²) >= 11 is 0. The number of sulfonamides is 1. The minimum Gasteiger partial charge on any atom is -0.399 e. The molecule has 2 rings (SSSR count). The number of hydrogen-bond acceptors (Lipinski definition) is 4. The van der Waals surface area contributed by atoms with Crippen molar-refractivity contribution in [3.8, 4) is 6.07 Å². The molecule has 0 heterocycles. The first-order chi connectivity index (χ1) is 9.93. The summed E-state index contributed by atoms with van der Waals surface area (Å²) in [6, 6.07) is 15.0. The molecule has 108 valence electrons. The third-order valence-electron chi connectivity index (χ3n) is 3.03. The fourth-order valence-corrected chi connectivity index (χ4v) is 3.14. The van der Waals surface area contributed by atoms with E-state index in [1.54, 1.807) is 30.3 Å². The summed E-state index contributed by atoms with van der Waals surface area (Å²) in [5, 5.41) is 8.86. The lowest BCUT2D eigenvalue weighted by molar-refractivity contribution is 0.467. The molecule has 2 aromatic rings. The van der Waals surface area contributed by atoms with Crippen LogP contribution in [0.25, 0.3) is 0 Å². The van der Waals surface area contributed by atoms with E-state index in [-0.39, 0.29) is 11.4 Å². The summed E-state index contributed by atoms with van der Waals surface area (Å²) in [6.07, 6.45) is 0. The van der Waals surface area contributed by atoms with Gasteiger partial charge in [-0.15, -0.1) is 0 Å². The molecule has 0 amide bonds. The van der Waals surface area contributed by atoms with Crippen LogP contribution in [0.15, 0.2) is 53.4 Å². The van der Waals surface area contributed by atoms with Crippen LogP contribution < -0.4 is 5.73 Å². The summed E-state index contributed by atoms with van der Waals surface area (Å²) in [5.74, 6) is 0. The van der Waals surface area contributed by atoms with Gasteiger partial charge in [-0.05, 0) is 35.9 Å². The predicted molar refractivity (Wildman–Crippen MR) is 80.7 cm³/mol. The maximum Gasteiger partial charge on any atom is 0.243 e. The Morgan fingerprint density at radius 1 is 1.19 bits per heavy atom. The van der Waals surface area contributed by atoms with Gasteiger partial charge in [0.2, 0.25) is 10.0 Å². The number of rotatable bonds is 4. The fourth-order valence-electron chi connectivity index (χ4n) is 1.94. The van der Waals surface area contributed by atoms with Crippen LogP contribution in [0.5, 0.6) is 0 Å². The number of benzene rings is 2. The van der Waals surface area contributed by atoms with Gasteiger partial charge in [0.1, 0.15) is 0 Å². The lowest BCUT2D eigenvalue weighted by Gasteiger charge is -2.17. The first kappa shape index (κ1) is 15.0. The Bertz CT molecular complexity index is 795. The van der Waals surface area contributed by atoms with Crippen LogP contribution in [0.2, 0.25) is 0 Å². The average molecular weight is 301 g/mol. The van der Waals surface area contributed by atoms with E-state index in [2.05, 4.69) is 0 Å². The number of nitrogens with two attached hydrogens (primary N) is 1. The smallest absolute Gasteiger partial charge is 0.243 e. The van der Waals surface area contributed by atoms with Crippen molar-refractivity contribution in [2.75, 3.05) is 12.8 Å². The largest absolute Gasteiger partial charge is 0.399 e.